The van der Waals surface area contributed by atoms with Crippen LogP contribution in [0.4, 0.5) is 11.6 Å². The Labute approximate surface area is 168 Å². The van der Waals surface area contributed by atoms with E-state index in [0.29, 0.717) is 23.5 Å². The highest BCUT2D eigenvalue weighted by Gasteiger charge is 2.17. The third-order valence-corrected chi connectivity index (χ3v) is 4.56. The molecule has 0 aliphatic carbocycles. The minimum Gasteiger partial charge on any atom is -0.354 e. The monoisotopic (exact) mass is 383 g/mol. The van der Waals surface area contributed by atoms with Crippen LogP contribution in [0.15, 0.2) is 30.5 Å². The van der Waals surface area contributed by atoms with Gasteiger partial charge in [-0.15, -0.1) is 0 Å². The molecule has 0 bridgehead atoms. The Hall–Kier alpha value is -2.47. The van der Waals surface area contributed by atoms with Crippen molar-refractivity contribution < 1.29 is 4.79 Å². The fourth-order valence-electron chi connectivity index (χ4n) is 3.04. The smallest absolute Gasteiger partial charge is 0.274 e. The normalized spacial score (nSPS) is 11.3. The second-order valence-corrected chi connectivity index (χ2v) is 7.92. The highest BCUT2D eigenvalue weighted by molar-refractivity contribution is 6.04. The van der Waals surface area contributed by atoms with Gasteiger partial charge < -0.3 is 15.5 Å². The molecule has 152 valence electrons. The Kier molecular flexibility index (Phi) is 7.93. The number of rotatable bonds is 9. The number of carbonyl (C=O) groups excluding carboxylic acids is 1. The minimum absolute atomic E-state index is 0.214. The van der Waals surface area contributed by atoms with Gasteiger partial charge in [-0.05, 0) is 56.1 Å². The molecule has 0 atom stereocenters. The van der Waals surface area contributed by atoms with E-state index in [2.05, 4.69) is 71.4 Å². The lowest BCUT2D eigenvalue weighted by molar-refractivity contribution is 0.102. The average Bonchev–Trinajstić information content (AvgIpc) is 2.65. The van der Waals surface area contributed by atoms with E-state index in [9.17, 15) is 4.79 Å². The maximum absolute atomic E-state index is 12.9. The SMILES string of the molecule is CC(C)c1cccc(C(C)C)c1NC(=O)c1ccnc(NCCCN(C)C)n1. The molecule has 2 N–H and O–H groups in total. The van der Waals surface area contributed by atoms with Crippen molar-refractivity contribution in [1.82, 2.24) is 14.9 Å². The van der Waals surface area contributed by atoms with Gasteiger partial charge in [0.1, 0.15) is 5.69 Å². The molecule has 6 nitrogen and oxygen atoms in total. The number of nitrogens with one attached hydrogen (secondary N) is 2. The minimum atomic E-state index is -0.214. The second kappa shape index (κ2) is 10.2. The van der Waals surface area contributed by atoms with Gasteiger partial charge in [0.15, 0.2) is 0 Å². The van der Waals surface area contributed by atoms with Crippen LogP contribution in [0.1, 0.15) is 67.6 Å². The van der Waals surface area contributed by atoms with Crippen molar-refractivity contribution >= 4 is 17.5 Å². The molecule has 0 spiro atoms. The number of nitrogens with zero attached hydrogens (tertiary/aromatic N) is 3. The fraction of sp³-hybridized carbons (Fsp3) is 0.500. The van der Waals surface area contributed by atoms with E-state index >= 15 is 0 Å². The number of aromatic nitrogens is 2. The molecule has 0 saturated heterocycles. The first-order chi connectivity index (χ1) is 13.3. The molecule has 0 aliphatic rings. The van der Waals surface area contributed by atoms with Crippen LogP contribution in [0, 0.1) is 0 Å². The van der Waals surface area contributed by atoms with Crippen molar-refractivity contribution in [3.63, 3.8) is 0 Å². The maximum atomic E-state index is 12.9. The lowest BCUT2D eigenvalue weighted by atomic mass is 9.92. The van der Waals surface area contributed by atoms with Crippen molar-refractivity contribution in [3.8, 4) is 0 Å². The van der Waals surface area contributed by atoms with Crippen LogP contribution in [-0.4, -0.2) is 48.0 Å². The summed E-state index contributed by atoms with van der Waals surface area (Å²) in [5, 5.41) is 6.29. The number of benzene rings is 1. The third kappa shape index (κ3) is 6.02. The van der Waals surface area contributed by atoms with Crippen molar-refractivity contribution in [3.05, 3.63) is 47.3 Å². The number of hydrogen-bond donors (Lipinski definition) is 2. The summed E-state index contributed by atoms with van der Waals surface area (Å²) in [6, 6.07) is 7.85. The summed E-state index contributed by atoms with van der Waals surface area (Å²) in [5.41, 5.74) is 3.53. The molecule has 1 aromatic heterocycles. The molecule has 0 unspecified atom stereocenters. The molecule has 1 amide bonds. The Morgan fingerprint density at radius 3 is 2.29 bits per heavy atom. The van der Waals surface area contributed by atoms with Crippen LogP contribution < -0.4 is 10.6 Å². The van der Waals surface area contributed by atoms with Gasteiger partial charge >= 0.3 is 0 Å². The van der Waals surface area contributed by atoms with E-state index in [1.807, 2.05) is 14.1 Å². The van der Waals surface area contributed by atoms with E-state index in [0.717, 1.165) is 36.3 Å². The van der Waals surface area contributed by atoms with Crippen molar-refractivity contribution in [2.24, 2.45) is 0 Å². The van der Waals surface area contributed by atoms with Crippen LogP contribution in [0.25, 0.3) is 0 Å². The summed E-state index contributed by atoms with van der Waals surface area (Å²) < 4.78 is 0. The lowest BCUT2D eigenvalue weighted by Gasteiger charge is -2.20. The number of hydrogen-bond acceptors (Lipinski definition) is 5. The van der Waals surface area contributed by atoms with Gasteiger partial charge in [-0.25, -0.2) is 9.97 Å². The third-order valence-electron chi connectivity index (χ3n) is 4.56. The van der Waals surface area contributed by atoms with Crippen molar-refractivity contribution in [2.45, 2.75) is 46.0 Å². The van der Waals surface area contributed by atoms with Gasteiger partial charge in [0.2, 0.25) is 5.95 Å². The first kappa shape index (κ1) is 21.8. The number of amides is 1. The molecule has 0 fully saturated rings. The van der Waals surface area contributed by atoms with Gasteiger partial charge in [-0.3, -0.25) is 4.79 Å². The summed E-state index contributed by atoms with van der Waals surface area (Å²) >= 11 is 0. The van der Waals surface area contributed by atoms with E-state index in [1.54, 1.807) is 12.3 Å². The highest BCUT2D eigenvalue weighted by atomic mass is 16.1. The van der Waals surface area contributed by atoms with Crippen LogP contribution in [0.5, 0.6) is 0 Å². The number of anilines is 2. The van der Waals surface area contributed by atoms with Gasteiger partial charge in [0, 0.05) is 18.4 Å². The Morgan fingerprint density at radius 1 is 1.07 bits per heavy atom. The van der Waals surface area contributed by atoms with E-state index in [-0.39, 0.29) is 5.91 Å². The molecule has 2 aromatic rings. The largest absolute Gasteiger partial charge is 0.354 e. The molecule has 6 heteroatoms. The summed E-state index contributed by atoms with van der Waals surface area (Å²) in [6.45, 7) is 10.3. The van der Waals surface area contributed by atoms with Crippen LogP contribution >= 0.6 is 0 Å². The summed E-state index contributed by atoms with van der Waals surface area (Å²) in [5.74, 6) is 0.892. The van der Waals surface area contributed by atoms with Gasteiger partial charge in [0.05, 0.1) is 0 Å². The zero-order chi connectivity index (χ0) is 20.7. The maximum Gasteiger partial charge on any atom is 0.274 e. The zero-order valence-electron chi connectivity index (χ0n) is 17.9. The highest BCUT2D eigenvalue weighted by Crippen LogP contribution is 2.32. The van der Waals surface area contributed by atoms with Crippen LogP contribution in [0.3, 0.4) is 0 Å². The van der Waals surface area contributed by atoms with E-state index in [1.165, 1.54) is 0 Å². The predicted molar refractivity (Wildman–Crippen MR) is 116 cm³/mol. The van der Waals surface area contributed by atoms with E-state index < -0.39 is 0 Å². The van der Waals surface area contributed by atoms with Crippen molar-refractivity contribution in [1.29, 1.82) is 0 Å². The van der Waals surface area contributed by atoms with Crippen molar-refractivity contribution in [2.75, 3.05) is 37.8 Å². The Morgan fingerprint density at radius 2 is 1.71 bits per heavy atom. The topological polar surface area (TPSA) is 70.2 Å². The first-order valence-corrected chi connectivity index (χ1v) is 9.95. The number of para-hydroxylation sites is 1. The molecule has 28 heavy (non-hydrogen) atoms. The molecule has 0 aliphatic heterocycles. The molecular formula is C22H33N5O. The molecule has 0 saturated carbocycles. The second-order valence-electron chi connectivity index (χ2n) is 7.92. The van der Waals surface area contributed by atoms with Gasteiger partial charge in [-0.2, -0.15) is 0 Å². The van der Waals surface area contributed by atoms with Gasteiger partial charge in [-0.1, -0.05) is 45.9 Å². The lowest BCUT2D eigenvalue weighted by Crippen LogP contribution is -2.19. The quantitative estimate of drug-likeness (QED) is 0.630. The standard InChI is InChI=1S/C22H33N5O/c1-15(2)17-9-7-10-18(16(3)4)20(17)26-21(28)19-11-13-24-22(25-19)23-12-8-14-27(5)6/h7,9-11,13,15-16H,8,12,14H2,1-6H3,(H,26,28)(H,23,24,25). The fourth-order valence-corrected chi connectivity index (χ4v) is 3.04. The number of carbonyl (C=O) groups is 1. The van der Waals surface area contributed by atoms with Crippen LogP contribution in [-0.2, 0) is 0 Å². The summed E-state index contributed by atoms with van der Waals surface area (Å²) in [7, 11) is 4.09. The molecule has 2 rings (SSSR count). The Bertz CT molecular complexity index is 760. The first-order valence-electron chi connectivity index (χ1n) is 9.95. The van der Waals surface area contributed by atoms with Gasteiger partial charge in [0.25, 0.3) is 5.91 Å². The van der Waals surface area contributed by atoms with Crippen LogP contribution in [0.2, 0.25) is 0 Å². The summed E-state index contributed by atoms with van der Waals surface area (Å²) in [4.78, 5) is 23.6. The van der Waals surface area contributed by atoms with E-state index in [4.69, 9.17) is 0 Å². The molecule has 1 aromatic carbocycles. The zero-order valence-corrected chi connectivity index (χ0v) is 17.9. The Balaban J connectivity index is 2.16. The molecule has 0 radical (unpaired) electrons. The average molecular weight is 384 g/mol. The molecular weight excluding hydrogens is 350 g/mol. The molecule has 1 heterocycles. The summed E-state index contributed by atoms with van der Waals surface area (Å²) in [6.07, 6.45) is 2.60. The predicted octanol–water partition coefficient (Wildman–Crippen LogP) is 4.34.